The fourth-order valence-corrected chi connectivity index (χ4v) is 0.984. The first-order valence-corrected chi connectivity index (χ1v) is 3.78. The minimum atomic E-state index is -0.869. The highest BCUT2D eigenvalue weighted by molar-refractivity contribution is 5.04. The largest absolute Gasteiger partial charge is 0.448 e. The summed E-state index contributed by atoms with van der Waals surface area (Å²) < 4.78 is 5.02. The minimum Gasteiger partial charge on any atom is -0.448 e. The van der Waals surface area contributed by atoms with Crippen LogP contribution in [0, 0.1) is 0 Å². The molecule has 0 aliphatic carbocycles. The van der Waals surface area contributed by atoms with E-state index in [-0.39, 0.29) is 6.04 Å². The molecule has 1 aliphatic heterocycles. The summed E-state index contributed by atoms with van der Waals surface area (Å²) in [6, 6.07) is 0.157. The van der Waals surface area contributed by atoms with Gasteiger partial charge in [-0.2, -0.15) is 0 Å². The Balaban J connectivity index is 2.36. The number of ether oxygens (including phenoxy) is 1. The summed E-state index contributed by atoms with van der Waals surface area (Å²) >= 11 is 0. The number of nitrogens with one attached hydrogen (secondary N) is 2. The van der Waals surface area contributed by atoms with E-state index in [4.69, 9.17) is 9.84 Å². The first-order valence-electron chi connectivity index (χ1n) is 3.78. The second kappa shape index (κ2) is 3.59. The van der Waals surface area contributed by atoms with Gasteiger partial charge in [0.15, 0.2) is 0 Å². The van der Waals surface area contributed by atoms with Crippen LogP contribution >= 0.6 is 0 Å². The van der Waals surface area contributed by atoms with Gasteiger partial charge in [0.2, 0.25) is 0 Å². The van der Waals surface area contributed by atoms with Gasteiger partial charge in [0.25, 0.3) is 6.41 Å². The lowest BCUT2D eigenvalue weighted by Crippen LogP contribution is -2.28. The quantitative estimate of drug-likeness (QED) is 0.529. The molecule has 4 nitrogen and oxygen atoms in total. The van der Waals surface area contributed by atoms with Crippen LogP contribution in [0.4, 0.5) is 0 Å². The normalized spacial score (nSPS) is 25.4. The third kappa shape index (κ3) is 2.10. The van der Waals surface area contributed by atoms with Crippen LogP contribution in [0.1, 0.15) is 13.8 Å². The molecule has 0 radical (unpaired) electrons. The molecule has 64 valence electrons. The van der Waals surface area contributed by atoms with Crippen LogP contribution in [0.5, 0.6) is 0 Å². The molecule has 2 unspecified atom stereocenters. The van der Waals surface area contributed by atoms with E-state index in [0.717, 1.165) is 12.3 Å². The molecule has 0 fully saturated rings. The van der Waals surface area contributed by atoms with Gasteiger partial charge in [0.1, 0.15) is 5.76 Å². The SMILES string of the molecule is CCNC(C)C1=CNC(O)O1. The molecule has 0 aromatic carbocycles. The van der Waals surface area contributed by atoms with Crippen LogP contribution in [0.25, 0.3) is 0 Å². The second-order valence-electron chi connectivity index (χ2n) is 2.46. The van der Waals surface area contributed by atoms with Crippen molar-refractivity contribution < 1.29 is 9.84 Å². The van der Waals surface area contributed by atoms with Gasteiger partial charge in [0.05, 0.1) is 6.04 Å². The van der Waals surface area contributed by atoms with Gasteiger partial charge in [-0.15, -0.1) is 0 Å². The summed E-state index contributed by atoms with van der Waals surface area (Å²) in [6.07, 6.45) is 0.809. The summed E-state index contributed by atoms with van der Waals surface area (Å²) in [6.45, 7) is 4.89. The minimum absolute atomic E-state index is 0.157. The van der Waals surface area contributed by atoms with E-state index in [9.17, 15) is 0 Å². The molecule has 3 N–H and O–H groups in total. The van der Waals surface area contributed by atoms with E-state index in [1.54, 1.807) is 6.20 Å². The molecule has 4 heteroatoms. The fraction of sp³-hybridized carbons (Fsp3) is 0.714. The van der Waals surface area contributed by atoms with Crippen molar-refractivity contribution in [2.24, 2.45) is 0 Å². The maximum atomic E-state index is 8.90. The van der Waals surface area contributed by atoms with Crippen molar-refractivity contribution in [1.29, 1.82) is 0 Å². The maximum Gasteiger partial charge on any atom is 0.278 e. The van der Waals surface area contributed by atoms with Crippen LogP contribution in [0.3, 0.4) is 0 Å². The maximum absolute atomic E-state index is 8.90. The van der Waals surface area contributed by atoms with E-state index < -0.39 is 6.41 Å². The summed E-state index contributed by atoms with van der Waals surface area (Å²) in [5.74, 6) is 0.749. The van der Waals surface area contributed by atoms with Gasteiger partial charge in [-0.3, -0.25) is 0 Å². The Morgan fingerprint density at radius 3 is 3.09 bits per heavy atom. The standard InChI is InChI=1S/C7H14N2O2/c1-3-8-5(2)6-4-9-7(10)11-6/h4-5,7-10H,3H2,1-2H3. The van der Waals surface area contributed by atoms with Crippen molar-refractivity contribution >= 4 is 0 Å². The number of rotatable bonds is 3. The average molecular weight is 158 g/mol. The molecular formula is C7H14N2O2. The Morgan fingerprint density at radius 1 is 1.91 bits per heavy atom. The van der Waals surface area contributed by atoms with Crippen LogP contribution in [-0.4, -0.2) is 24.1 Å². The fourth-order valence-electron chi connectivity index (χ4n) is 0.984. The molecule has 1 aliphatic rings. The number of hydrogen-bond donors (Lipinski definition) is 3. The zero-order valence-corrected chi connectivity index (χ0v) is 6.79. The molecule has 0 bridgehead atoms. The van der Waals surface area contributed by atoms with E-state index >= 15 is 0 Å². The van der Waals surface area contributed by atoms with Gasteiger partial charge >= 0.3 is 0 Å². The van der Waals surface area contributed by atoms with Gasteiger partial charge in [-0.25, -0.2) is 0 Å². The number of aliphatic hydroxyl groups is 1. The Kier molecular flexibility index (Phi) is 2.73. The lowest BCUT2D eigenvalue weighted by molar-refractivity contribution is -0.0646. The van der Waals surface area contributed by atoms with Crippen LogP contribution in [0.15, 0.2) is 12.0 Å². The smallest absolute Gasteiger partial charge is 0.278 e. The summed E-state index contributed by atoms with van der Waals surface area (Å²) in [5.41, 5.74) is 0. The van der Waals surface area contributed by atoms with E-state index in [2.05, 4.69) is 10.6 Å². The van der Waals surface area contributed by atoms with E-state index in [1.807, 2.05) is 13.8 Å². The van der Waals surface area contributed by atoms with Crippen molar-refractivity contribution in [3.05, 3.63) is 12.0 Å². The molecule has 1 heterocycles. The van der Waals surface area contributed by atoms with Crippen molar-refractivity contribution in [2.75, 3.05) is 6.54 Å². The Hall–Kier alpha value is -0.740. The van der Waals surface area contributed by atoms with Gasteiger partial charge in [-0.1, -0.05) is 6.92 Å². The predicted octanol–water partition coefficient (Wildman–Crippen LogP) is -0.279. The first kappa shape index (κ1) is 8.36. The van der Waals surface area contributed by atoms with Crippen molar-refractivity contribution in [2.45, 2.75) is 26.3 Å². The summed E-state index contributed by atoms with van der Waals surface area (Å²) in [7, 11) is 0. The average Bonchev–Trinajstić information content (AvgIpc) is 2.36. The number of likely N-dealkylation sites (N-methyl/N-ethyl adjacent to an activating group) is 1. The molecule has 0 spiro atoms. The van der Waals surface area contributed by atoms with Crippen LogP contribution in [0.2, 0.25) is 0 Å². The second-order valence-corrected chi connectivity index (χ2v) is 2.46. The van der Waals surface area contributed by atoms with Crippen LogP contribution in [-0.2, 0) is 4.74 Å². The highest BCUT2D eigenvalue weighted by Crippen LogP contribution is 2.09. The zero-order chi connectivity index (χ0) is 8.27. The predicted molar refractivity (Wildman–Crippen MR) is 41.4 cm³/mol. The molecule has 0 amide bonds. The summed E-state index contributed by atoms with van der Waals surface area (Å²) in [5, 5.41) is 14.7. The third-order valence-corrected chi connectivity index (χ3v) is 1.55. The topological polar surface area (TPSA) is 53.5 Å². The van der Waals surface area contributed by atoms with Crippen molar-refractivity contribution in [1.82, 2.24) is 10.6 Å². The molecule has 1 rings (SSSR count). The van der Waals surface area contributed by atoms with Crippen LogP contribution < -0.4 is 10.6 Å². The monoisotopic (exact) mass is 158 g/mol. The molecule has 2 atom stereocenters. The highest BCUT2D eigenvalue weighted by Gasteiger charge is 2.18. The lowest BCUT2D eigenvalue weighted by atomic mass is 10.3. The third-order valence-electron chi connectivity index (χ3n) is 1.55. The molecule has 0 aromatic heterocycles. The van der Waals surface area contributed by atoms with E-state index in [1.165, 1.54) is 0 Å². The van der Waals surface area contributed by atoms with E-state index in [0.29, 0.717) is 0 Å². The highest BCUT2D eigenvalue weighted by atomic mass is 16.6. The first-order chi connectivity index (χ1) is 5.24. The lowest BCUT2D eigenvalue weighted by Gasteiger charge is -2.13. The summed E-state index contributed by atoms with van der Waals surface area (Å²) in [4.78, 5) is 0. The van der Waals surface area contributed by atoms with Gasteiger partial charge < -0.3 is 20.5 Å². The van der Waals surface area contributed by atoms with Gasteiger partial charge in [-0.05, 0) is 13.5 Å². The molecular weight excluding hydrogens is 144 g/mol. The van der Waals surface area contributed by atoms with Gasteiger partial charge in [0, 0.05) is 6.20 Å². The Labute approximate surface area is 66.2 Å². The Morgan fingerprint density at radius 2 is 2.64 bits per heavy atom. The molecule has 11 heavy (non-hydrogen) atoms. The molecule has 0 saturated heterocycles. The zero-order valence-electron chi connectivity index (χ0n) is 6.79. The Bertz CT molecular complexity index is 159. The number of aliphatic hydroxyl groups excluding tert-OH is 1. The number of hydrogen-bond acceptors (Lipinski definition) is 4. The van der Waals surface area contributed by atoms with Crippen molar-refractivity contribution in [3.8, 4) is 0 Å². The molecule has 0 saturated carbocycles. The van der Waals surface area contributed by atoms with Crippen molar-refractivity contribution in [3.63, 3.8) is 0 Å². The molecule has 0 aromatic rings.